The van der Waals surface area contributed by atoms with Crippen molar-refractivity contribution >= 4 is 29.1 Å². The van der Waals surface area contributed by atoms with Crippen LogP contribution in [0, 0.1) is 0 Å². The molecular weight excluding hydrogens is 210 g/mol. The number of rotatable bonds is 2. The fraction of sp³-hybridized carbons (Fsp3) is 0.714. The Balaban J connectivity index is 2.08. The summed E-state index contributed by atoms with van der Waals surface area (Å²) < 4.78 is 13.3. The van der Waals surface area contributed by atoms with Crippen LogP contribution in [0.5, 0.6) is 0 Å². The smallest absolute Gasteiger partial charge is 0.187 e. The summed E-state index contributed by atoms with van der Waals surface area (Å²) in [6.45, 7) is 1.81. The van der Waals surface area contributed by atoms with E-state index in [1.54, 1.807) is 7.11 Å². The van der Waals surface area contributed by atoms with Crippen molar-refractivity contribution in [3.05, 3.63) is 5.15 Å². The van der Waals surface area contributed by atoms with Gasteiger partial charge in [0.1, 0.15) is 0 Å². The van der Waals surface area contributed by atoms with Gasteiger partial charge in [-0.05, 0) is 6.42 Å². The lowest BCUT2D eigenvalue weighted by atomic mass is 10.3. The van der Waals surface area contributed by atoms with E-state index in [0.29, 0.717) is 11.3 Å². The van der Waals surface area contributed by atoms with Crippen molar-refractivity contribution in [2.45, 2.75) is 12.5 Å². The van der Waals surface area contributed by atoms with Gasteiger partial charge in [-0.3, -0.25) is 0 Å². The van der Waals surface area contributed by atoms with Gasteiger partial charge in [0.05, 0.1) is 17.8 Å². The molecule has 1 saturated heterocycles. The molecule has 2 rings (SSSR count). The van der Waals surface area contributed by atoms with Crippen LogP contribution in [0.15, 0.2) is 0 Å². The first kappa shape index (κ1) is 9.18. The second kappa shape index (κ2) is 3.77. The molecule has 72 valence electrons. The molecule has 0 spiro atoms. The molecule has 1 aliphatic heterocycles. The maximum atomic E-state index is 5.87. The van der Waals surface area contributed by atoms with Gasteiger partial charge in [-0.15, -0.1) is 0 Å². The highest BCUT2D eigenvalue weighted by Gasteiger charge is 2.25. The van der Waals surface area contributed by atoms with Crippen LogP contribution in [-0.4, -0.2) is 35.1 Å². The number of methoxy groups -OCH3 is 1. The minimum Gasteiger partial charge on any atom is -0.380 e. The zero-order valence-corrected chi connectivity index (χ0v) is 8.81. The minimum absolute atomic E-state index is 0.303. The maximum absolute atomic E-state index is 5.87. The number of nitrogens with zero attached hydrogens (tertiary/aromatic N) is 3. The minimum atomic E-state index is 0.303. The summed E-state index contributed by atoms with van der Waals surface area (Å²) in [5.41, 5.74) is 0. The van der Waals surface area contributed by atoms with Crippen LogP contribution >= 0.6 is 23.3 Å². The Morgan fingerprint density at radius 1 is 1.62 bits per heavy atom. The second-order valence-corrected chi connectivity index (χ2v) is 3.86. The third kappa shape index (κ3) is 1.77. The molecule has 0 unspecified atom stereocenters. The summed E-state index contributed by atoms with van der Waals surface area (Å²) in [7, 11) is 1.73. The van der Waals surface area contributed by atoms with Crippen LogP contribution in [0.25, 0.3) is 0 Å². The molecule has 0 amide bonds. The fourth-order valence-electron chi connectivity index (χ4n) is 1.47. The van der Waals surface area contributed by atoms with E-state index >= 15 is 0 Å². The zero-order chi connectivity index (χ0) is 9.26. The van der Waals surface area contributed by atoms with E-state index in [1.807, 2.05) is 0 Å². The van der Waals surface area contributed by atoms with Crippen molar-refractivity contribution in [1.82, 2.24) is 8.75 Å². The lowest BCUT2D eigenvalue weighted by Crippen LogP contribution is -2.22. The van der Waals surface area contributed by atoms with Crippen molar-refractivity contribution in [1.29, 1.82) is 0 Å². The summed E-state index contributed by atoms with van der Waals surface area (Å²) in [6, 6.07) is 0. The molecular formula is C7H10ClN3OS. The van der Waals surface area contributed by atoms with Gasteiger partial charge in [0.25, 0.3) is 0 Å². The van der Waals surface area contributed by atoms with E-state index in [9.17, 15) is 0 Å². The van der Waals surface area contributed by atoms with Gasteiger partial charge in [0.2, 0.25) is 0 Å². The van der Waals surface area contributed by atoms with Gasteiger partial charge in [0, 0.05) is 20.2 Å². The molecule has 6 heteroatoms. The Hall–Kier alpha value is -0.390. The number of anilines is 1. The largest absolute Gasteiger partial charge is 0.380 e. The predicted molar refractivity (Wildman–Crippen MR) is 52.5 cm³/mol. The standard InChI is InChI=1S/C7H10ClN3OS/c1-12-5-2-3-11(4-5)7-6(8)9-13-10-7/h5H,2-4H2,1H3/t5-/m1/s1. The molecule has 0 aromatic carbocycles. The van der Waals surface area contributed by atoms with Gasteiger partial charge in [-0.25, -0.2) is 0 Å². The number of hydrogen-bond acceptors (Lipinski definition) is 5. The van der Waals surface area contributed by atoms with E-state index in [0.717, 1.165) is 37.1 Å². The molecule has 0 bridgehead atoms. The van der Waals surface area contributed by atoms with Crippen LogP contribution in [-0.2, 0) is 4.74 Å². The summed E-state index contributed by atoms with van der Waals surface area (Å²) in [4.78, 5) is 2.11. The SMILES string of the molecule is CO[C@@H]1CCN(c2nsnc2Cl)C1. The van der Waals surface area contributed by atoms with E-state index in [-0.39, 0.29) is 0 Å². The first-order valence-corrected chi connectivity index (χ1v) is 5.18. The van der Waals surface area contributed by atoms with Crippen molar-refractivity contribution in [2.75, 3.05) is 25.1 Å². The number of halogens is 1. The molecule has 4 nitrogen and oxygen atoms in total. The first-order chi connectivity index (χ1) is 6.31. The predicted octanol–water partition coefficient (Wildman–Crippen LogP) is 1.42. The molecule has 0 N–H and O–H groups in total. The summed E-state index contributed by atoms with van der Waals surface area (Å²) in [5, 5.41) is 0.502. The average Bonchev–Trinajstić information content (AvgIpc) is 2.71. The van der Waals surface area contributed by atoms with E-state index in [4.69, 9.17) is 16.3 Å². The van der Waals surface area contributed by atoms with Crippen molar-refractivity contribution in [3.63, 3.8) is 0 Å². The second-order valence-electron chi connectivity index (χ2n) is 2.97. The fourth-order valence-corrected chi connectivity index (χ4v) is 2.25. The lowest BCUT2D eigenvalue weighted by Gasteiger charge is -2.14. The molecule has 0 saturated carbocycles. The van der Waals surface area contributed by atoms with Gasteiger partial charge < -0.3 is 9.64 Å². The number of aromatic nitrogens is 2. The monoisotopic (exact) mass is 219 g/mol. The van der Waals surface area contributed by atoms with Gasteiger partial charge in [-0.2, -0.15) is 8.75 Å². The summed E-state index contributed by atoms with van der Waals surface area (Å²) >= 11 is 7.01. The molecule has 1 atom stereocenters. The van der Waals surface area contributed by atoms with Gasteiger partial charge in [-0.1, -0.05) is 11.6 Å². The van der Waals surface area contributed by atoms with Crippen LogP contribution in [0.3, 0.4) is 0 Å². The van der Waals surface area contributed by atoms with Crippen LogP contribution in [0.1, 0.15) is 6.42 Å². The number of ether oxygens (including phenoxy) is 1. The normalized spacial score (nSPS) is 22.6. The van der Waals surface area contributed by atoms with Gasteiger partial charge >= 0.3 is 0 Å². The third-order valence-electron chi connectivity index (χ3n) is 2.21. The highest BCUT2D eigenvalue weighted by atomic mass is 35.5. The maximum Gasteiger partial charge on any atom is 0.187 e. The van der Waals surface area contributed by atoms with E-state index < -0.39 is 0 Å². The Bertz CT molecular complexity index is 293. The van der Waals surface area contributed by atoms with Crippen LogP contribution < -0.4 is 4.90 Å². The quantitative estimate of drug-likeness (QED) is 0.754. The molecule has 0 aliphatic carbocycles. The van der Waals surface area contributed by atoms with E-state index in [1.165, 1.54) is 0 Å². The topological polar surface area (TPSA) is 38.2 Å². The Morgan fingerprint density at radius 2 is 2.46 bits per heavy atom. The Kier molecular flexibility index (Phi) is 2.66. The molecule has 1 aromatic heterocycles. The molecule has 13 heavy (non-hydrogen) atoms. The van der Waals surface area contributed by atoms with Crippen LogP contribution in [0.4, 0.5) is 5.82 Å². The third-order valence-corrected chi connectivity index (χ3v) is 3.08. The molecule has 1 fully saturated rings. The summed E-state index contributed by atoms with van der Waals surface area (Å²) in [5.74, 6) is 0.797. The van der Waals surface area contributed by atoms with Crippen molar-refractivity contribution in [3.8, 4) is 0 Å². The summed E-state index contributed by atoms with van der Waals surface area (Å²) in [6.07, 6.45) is 1.34. The lowest BCUT2D eigenvalue weighted by molar-refractivity contribution is 0.121. The number of hydrogen-bond donors (Lipinski definition) is 0. The highest BCUT2D eigenvalue weighted by molar-refractivity contribution is 6.99. The molecule has 1 aliphatic rings. The molecule has 1 aromatic rings. The molecule has 2 heterocycles. The van der Waals surface area contributed by atoms with Gasteiger partial charge in [0.15, 0.2) is 11.0 Å². The van der Waals surface area contributed by atoms with Crippen molar-refractivity contribution < 1.29 is 4.74 Å². The van der Waals surface area contributed by atoms with Crippen LogP contribution in [0.2, 0.25) is 5.15 Å². The van der Waals surface area contributed by atoms with E-state index in [2.05, 4.69) is 13.6 Å². The zero-order valence-electron chi connectivity index (χ0n) is 7.23. The first-order valence-electron chi connectivity index (χ1n) is 4.07. The average molecular weight is 220 g/mol. The van der Waals surface area contributed by atoms with Crippen molar-refractivity contribution in [2.24, 2.45) is 0 Å². The Morgan fingerprint density at radius 3 is 3.00 bits per heavy atom. The highest BCUT2D eigenvalue weighted by Crippen LogP contribution is 2.26. The molecule has 0 radical (unpaired) electrons. The Labute approximate surface area is 85.8 Å².